The van der Waals surface area contributed by atoms with Gasteiger partial charge in [-0.05, 0) is 11.6 Å². The largest absolute Gasteiger partial charge is 0.458 e. The molecule has 0 radical (unpaired) electrons. The van der Waals surface area contributed by atoms with Crippen LogP contribution in [0.2, 0.25) is 0 Å². The first-order valence-electron chi connectivity index (χ1n) is 10.8. The van der Waals surface area contributed by atoms with Crippen molar-refractivity contribution in [3.8, 4) is 0 Å². The van der Waals surface area contributed by atoms with Gasteiger partial charge in [0.05, 0.1) is 48.1 Å². The zero-order valence-electron chi connectivity index (χ0n) is 18.8. The van der Waals surface area contributed by atoms with Crippen LogP contribution >= 0.6 is 0 Å². The molecule has 0 bridgehead atoms. The van der Waals surface area contributed by atoms with E-state index in [4.69, 9.17) is 10.5 Å². The first-order chi connectivity index (χ1) is 17.0. The number of carbonyl (C=O) groups is 1. The van der Waals surface area contributed by atoms with Crippen molar-refractivity contribution in [2.24, 2.45) is 7.05 Å². The first kappa shape index (κ1) is 23.9. The number of nitrogen functional groups attached to an aromatic ring is 1. The van der Waals surface area contributed by atoms with Gasteiger partial charge in [-0.1, -0.05) is 24.3 Å². The molecule has 1 aromatic carbocycles. The summed E-state index contributed by atoms with van der Waals surface area (Å²) in [4.78, 5) is 23.5. The number of morpholine rings is 1. The Morgan fingerprint density at radius 3 is 2.53 bits per heavy atom. The van der Waals surface area contributed by atoms with Gasteiger partial charge in [-0.25, -0.2) is 9.97 Å². The molecule has 1 aliphatic rings. The Balaban J connectivity index is 1.49. The minimum absolute atomic E-state index is 0.0401. The average molecular weight is 506 g/mol. The minimum Gasteiger partial charge on any atom is -0.383 e. The Morgan fingerprint density at radius 2 is 1.83 bits per heavy atom. The standard InChI is InChI=1S/C23H19F5N6O2/c1-33-19-14-8-16(30-10-17(14)32-20(29)15(19)9-31-33)21(35)34-6-7-36-11-18(34)12-2-4-13(5-3-12)22(24,25)23(26,27)28/h2-5,8-10,18H,6-7,11H2,1H3,(H2,29,32)/t18-/m1/s1. The molecule has 1 aliphatic heterocycles. The van der Waals surface area contributed by atoms with E-state index in [1.165, 1.54) is 11.1 Å². The van der Waals surface area contributed by atoms with Gasteiger partial charge in [0.2, 0.25) is 0 Å². The fourth-order valence-electron chi connectivity index (χ4n) is 4.33. The highest BCUT2D eigenvalue weighted by Crippen LogP contribution is 2.44. The van der Waals surface area contributed by atoms with Gasteiger partial charge < -0.3 is 15.4 Å². The Hall–Kier alpha value is -3.87. The van der Waals surface area contributed by atoms with Crippen molar-refractivity contribution >= 4 is 33.5 Å². The number of anilines is 1. The molecule has 5 rings (SSSR count). The first-order valence-corrected chi connectivity index (χ1v) is 10.8. The molecule has 0 spiro atoms. The van der Waals surface area contributed by atoms with Crippen molar-refractivity contribution in [2.75, 3.05) is 25.5 Å². The number of pyridine rings is 2. The summed E-state index contributed by atoms with van der Waals surface area (Å²) >= 11 is 0. The number of halogens is 5. The smallest absolute Gasteiger partial charge is 0.383 e. The van der Waals surface area contributed by atoms with Crippen LogP contribution in [0.3, 0.4) is 0 Å². The van der Waals surface area contributed by atoms with Crippen LogP contribution in [0, 0.1) is 0 Å². The highest BCUT2D eigenvalue weighted by Gasteiger charge is 2.58. The number of alkyl halides is 5. The maximum absolute atomic E-state index is 13.7. The van der Waals surface area contributed by atoms with Crippen molar-refractivity contribution in [2.45, 2.75) is 18.1 Å². The Kier molecular flexibility index (Phi) is 5.54. The number of aromatic nitrogens is 4. The maximum Gasteiger partial charge on any atom is 0.458 e. The minimum atomic E-state index is -5.72. The second-order valence-electron chi connectivity index (χ2n) is 8.40. The molecule has 3 aromatic heterocycles. The third-order valence-electron chi connectivity index (χ3n) is 6.22. The number of fused-ring (bicyclic) bond motifs is 3. The van der Waals surface area contributed by atoms with Crippen molar-refractivity contribution in [1.82, 2.24) is 24.6 Å². The third-order valence-corrected chi connectivity index (χ3v) is 6.22. The number of nitrogens with zero attached hydrogens (tertiary/aromatic N) is 5. The zero-order chi connectivity index (χ0) is 25.8. The number of benzene rings is 1. The lowest BCUT2D eigenvalue weighted by atomic mass is 10.00. The predicted octanol–water partition coefficient (Wildman–Crippen LogP) is 3.97. The van der Waals surface area contributed by atoms with E-state index in [2.05, 4.69) is 15.1 Å². The third kappa shape index (κ3) is 3.79. The molecule has 13 heteroatoms. The van der Waals surface area contributed by atoms with Crippen molar-refractivity contribution in [3.63, 3.8) is 0 Å². The van der Waals surface area contributed by atoms with E-state index in [0.717, 1.165) is 12.1 Å². The van der Waals surface area contributed by atoms with E-state index < -0.39 is 29.6 Å². The number of rotatable bonds is 3. The van der Waals surface area contributed by atoms with Crippen LogP contribution < -0.4 is 5.73 Å². The van der Waals surface area contributed by atoms with E-state index in [1.54, 1.807) is 24.0 Å². The summed E-state index contributed by atoms with van der Waals surface area (Å²) in [5.74, 6) is -5.17. The van der Waals surface area contributed by atoms with Crippen molar-refractivity contribution in [1.29, 1.82) is 0 Å². The number of hydrogen-bond acceptors (Lipinski definition) is 6. The summed E-state index contributed by atoms with van der Waals surface area (Å²) in [5, 5.41) is 5.43. The van der Waals surface area contributed by atoms with E-state index in [9.17, 15) is 26.7 Å². The average Bonchev–Trinajstić information content (AvgIpc) is 3.25. The van der Waals surface area contributed by atoms with E-state index in [0.29, 0.717) is 39.5 Å². The quantitative estimate of drug-likeness (QED) is 0.423. The molecule has 1 saturated heterocycles. The van der Waals surface area contributed by atoms with Crippen LogP contribution in [-0.2, 0) is 17.7 Å². The number of hydrogen-bond donors (Lipinski definition) is 1. The Morgan fingerprint density at radius 1 is 1.11 bits per heavy atom. The van der Waals surface area contributed by atoms with Gasteiger partial charge in [-0.15, -0.1) is 0 Å². The van der Waals surface area contributed by atoms with Gasteiger partial charge >= 0.3 is 12.1 Å². The molecule has 36 heavy (non-hydrogen) atoms. The highest BCUT2D eigenvalue weighted by molar-refractivity contribution is 6.09. The fraction of sp³-hybridized carbons (Fsp3) is 0.304. The molecule has 1 amide bonds. The second-order valence-corrected chi connectivity index (χ2v) is 8.40. The topological polar surface area (TPSA) is 99.2 Å². The molecule has 8 nitrogen and oxygen atoms in total. The van der Waals surface area contributed by atoms with E-state index in [-0.39, 0.29) is 31.3 Å². The molecular weight excluding hydrogens is 487 g/mol. The van der Waals surface area contributed by atoms with Gasteiger partial charge in [0.1, 0.15) is 11.5 Å². The number of ether oxygens (including phenoxy) is 1. The molecule has 4 aromatic rings. The summed E-state index contributed by atoms with van der Waals surface area (Å²) in [7, 11) is 1.73. The molecular formula is C23H19F5N6O2. The Bertz CT molecular complexity index is 1470. The van der Waals surface area contributed by atoms with Crippen molar-refractivity contribution < 1.29 is 31.5 Å². The normalized spacial score (nSPS) is 17.2. The van der Waals surface area contributed by atoms with Crippen molar-refractivity contribution in [3.05, 3.63) is 59.5 Å². The lowest BCUT2D eigenvalue weighted by molar-refractivity contribution is -0.289. The lowest BCUT2D eigenvalue weighted by Gasteiger charge is -2.36. The highest BCUT2D eigenvalue weighted by atomic mass is 19.4. The zero-order valence-corrected chi connectivity index (χ0v) is 18.8. The molecule has 1 atom stereocenters. The van der Waals surface area contributed by atoms with E-state index >= 15 is 0 Å². The van der Waals surface area contributed by atoms with Crippen LogP contribution in [0.15, 0.2) is 42.7 Å². The monoisotopic (exact) mass is 506 g/mol. The number of aryl methyl sites for hydroxylation is 1. The fourth-order valence-corrected chi connectivity index (χ4v) is 4.33. The van der Waals surface area contributed by atoms with Crippen LogP contribution in [0.4, 0.5) is 27.8 Å². The molecule has 0 aliphatic carbocycles. The van der Waals surface area contributed by atoms with Gasteiger partial charge in [0.25, 0.3) is 5.91 Å². The molecule has 188 valence electrons. The van der Waals surface area contributed by atoms with Gasteiger partial charge in [0.15, 0.2) is 0 Å². The number of carbonyl (C=O) groups excluding carboxylic acids is 1. The number of amides is 1. The maximum atomic E-state index is 13.7. The van der Waals surface area contributed by atoms with Gasteiger partial charge in [-0.2, -0.15) is 27.1 Å². The molecule has 0 saturated carbocycles. The van der Waals surface area contributed by atoms with Gasteiger partial charge in [-0.3, -0.25) is 9.48 Å². The van der Waals surface area contributed by atoms with Crippen LogP contribution in [0.5, 0.6) is 0 Å². The molecule has 0 unspecified atom stereocenters. The lowest BCUT2D eigenvalue weighted by Crippen LogP contribution is -2.43. The van der Waals surface area contributed by atoms with Crippen LogP contribution in [-0.4, -0.2) is 56.5 Å². The number of nitrogens with two attached hydrogens (primary N) is 1. The summed E-state index contributed by atoms with van der Waals surface area (Å²) in [6.45, 7) is 0.438. The SMILES string of the molecule is Cn1ncc2c(N)nc3cnc(C(=O)N4CCOC[C@@H]4c4ccc(C(F)(F)C(F)(F)F)cc4)cc3c21. The predicted molar refractivity (Wildman–Crippen MR) is 119 cm³/mol. The summed E-state index contributed by atoms with van der Waals surface area (Å²) in [6.07, 6.45) is -2.72. The molecule has 1 fully saturated rings. The van der Waals surface area contributed by atoms with Crippen LogP contribution in [0.25, 0.3) is 21.8 Å². The van der Waals surface area contributed by atoms with Crippen LogP contribution in [0.1, 0.15) is 27.7 Å². The summed E-state index contributed by atoms with van der Waals surface area (Å²) in [6, 6.07) is 4.59. The summed E-state index contributed by atoms with van der Waals surface area (Å²) in [5.41, 5.74) is 6.42. The Labute approximate surface area is 200 Å². The molecule has 2 N–H and O–H groups in total. The summed E-state index contributed by atoms with van der Waals surface area (Å²) < 4.78 is 72.6. The second kappa shape index (κ2) is 8.36. The van der Waals surface area contributed by atoms with Gasteiger partial charge in [0, 0.05) is 24.5 Å². The molecule has 4 heterocycles. The van der Waals surface area contributed by atoms with E-state index in [1.807, 2.05) is 0 Å².